The van der Waals surface area contributed by atoms with Crippen LogP contribution in [0.1, 0.15) is 226 Å². The first kappa shape index (κ1) is 38.5. The Morgan fingerprint density at radius 3 is 0.718 bits per heavy atom. The molecule has 0 aromatic carbocycles. The molecule has 0 spiro atoms. The molecular weight excluding hydrogens is 476 g/mol. The van der Waals surface area contributed by atoms with Crippen LogP contribution in [-0.4, -0.2) is 11.1 Å². The van der Waals surface area contributed by atoms with Gasteiger partial charge in [-0.15, -0.1) is 0 Å². The molecule has 0 aromatic rings. The summed E-state index contributed by atoms with van der Waals surface area (Å²) in [5.74, 6) is -0.653. The van der Waals surface area contributed by atoms with Gasteiger partial charge in [0.25, 0.3) is 0 Å². The van der Waals surface area contributed by atoms with E-state index in [1.54, 1.807) is 0 Å². The van der Waals surface area contributed by atoms with E-state index in [0.29, 0.717) is 0 Å². The van der Waals surface area contributed by atoms with E-state index in [0.717, 1.165) is 25.7 Å². The van der Waals surface area contributed by atoms with Gasteiger partial charge < -0.3 is 5.11 Å². The topological polar surface area (TPSA) is 37.3 Å². The molecule has 0 aliphatic heterocycles. The van der Waals surface area contributed by atoms with Crippen LogP contribution in [0, 0.1) is 5.92 Å². The molecule has 1 N–H and O–H groups in total. The molecule has 1 unspecified atom stereocenters. The predicted molar refractivity (Wildman–Crippen MR) is 175 cm³/mol. The number of hydrogen-bond acceptors (Lipinski definition) is 1. The van der Waals surface area contributed by atoms with Crippen LogP contribution in [0.2, 0.25) is 0 Å². The van der Waals surface area contributed by atoms with Gasteiger partial charge in [-0.05, 0) is 12.8 Å². The Morgan fingerprint density at radius 2 is 0.538 bits per heavy atom. The Hall–Kier alpha value is -0.530. The van der Waals surface area contributed by atoms with Crippen LogP contribution in [0.15, 0.2) is 0 Å². The summed E-state index contributed by atoms with van der Waals surface area (Å²) in [5, 5.41) is 9.61. The van der Waals surface area contributed by atoms with Crippen molar-refractivity contribution in [3.8, 4) is 0 Å². The molecule has 0 aliphatic rings. The highest BCUT2D eigenvalue weighted by atomic mass is 16.4. The zero-order valence-electron chi connectivity index (χ0n) is 27.3. The van der Waals surface area contributed by atoms with Crippen LogP contribution in [-0.2, 0) is 4.79 Å². The average Bonchev–Trinajstić information content (AvgIpc) is 2.93. The van der Waals surface area contributed by atoms with Gasteiger partial charge in [-0.1, -0.05) is 213 Å². The molecule has 39 heavy (non-hydrogen) atoms. The maximum atomic E-state index is 11.7. The van der Waals surface area contributed by atoms with Crippen molar-refractivity contribution in [1.82, 2.24) is 0 Å². The molecule has 0 heterocycles. The second-order valence-electron chi connectivity index (χ2n) is 12.9. The number of hydrogen-bond donors (Lipinski definition) is 1. The minimum absolute atomic E-state index is 0.0985. The van der Waals surface area contributed by atoms with Gasteiger partial charge in [0, 0.05) is 0 Å². The smallest absolute Gasteiger partial charge is 0.306 e. The van der Waals surface area contributed by atoms with Crippen molar-refractivity contribution >= 4 is 5.97 Å². The molecule has 0 rings (SSSR count). The molecule has 1 atom stereocenters. The summed E-state index contributed by atoms with van der Waals surface area (Å²) in [6.45, 7) is 4.58. The van der Waals surface area contributed by atoms with Crippen molar-refractivity contribution in [2.75, 3.05) is 0 Å². The maximum Gasteiger partial charge on any atom is 0.306 e. The quantitative estimate of drug-likeness (QED) is 0.0809. The Morgan fingerprint density at radius 1 is 0.359 bits per heavy atom. The van der Waals surface area contributed by atoms with Gasteiger partial charge in [0.05, 0.1) is 5.92 Å². The van der Waals surface area contributed by atoms with Gasteiger partial charge >= 0.3 is 5.97 Å². The van der Waals surface area contributed by atoms with Gasteiger partial charge in [-0.25, -0.2) is 0 Å². The summed E-state index contributed by atoms with van der Waals surface area (Å²) in [6.07, 6.45) is 44.3. The summed E-state index contributed by atoms with van der Waals surface area (Å²) in [7, 11) is 0. The Bertz CT molecular complexity index is 460. The number of carboxylic acid groups (broad SMARTS) is 1. The van der Waals surface area contributed by atoms with Crippen molar-refractivity contribution in [3.05, 3.63) is 0 Å². The largest absolute Gasteiger partial charge is 0.481 e. The third-order valence-corrected chi connectivity index (χ3v) is 8.91. The van der Waals surface area contributed by atoms with E-state index in [1.807, 2.05) is 0 Å². The number of unbranched alkanes of at least 4 members (excludes halogenated alkanes) is 29. The molecule has 0 bridgehead atoms. The van der Waals surface area contributed by atoms with Gasteiger partial charge in [-0.3, -0.25) is 4.79 Å². The lowest BCUT2D eigenvalue weighted by molar-refractivity contribution is -0.142. The van der Waals surface area contributed by atoms with E-state index in [4.69, 9.17) is 0 Å². The fraction of sp³-hybridized carbons (Fsp3) is 0.973. The molecule has 0 saturated carbocycles. The van der Waals surface area contributed by atoms with E-state index < -0.39 is 5.97 Å². The summed E-state index contributed by atoms with van der Waals surface area (Å²) in [6, 6.07) is 0. The highest BCUT2D eigenvalue weighted by Gasteiger charge is 2.16. The molecule has 2 heteroatoms. The average molecular weight is 551 g/mol. The first-order valence-corrected chi connectivity index (χ1v) is 18.4. The molecule has 234 valence electrons. The second kappa shape index (κ2) is 33.7. The summed E-state index contributed by atoms with van der Waals surface area (Å²) < 4.78 is 0. The van der Waals surface area contributed by atoms with E-state index >= 15 is 0 Å². The minimum atomic E-state index is -0.554. The summed E-state index contributed by atoms with van der Waals surface area (Å²) >= 11 is 0. The van der Waals surface area contributed by atoms with Crippen LogP contribution in [0.4, 0.5) is 0 Å². The van der Waals surface area contributed by atoms with E-state index in [9.17, 15) is 9.90 Å². The second-order valence-corrected chi connectivity index (χ2v) is 12.9. The van der Waals surface area contributed by atoms with Gasteiger partial charge in [0.2, 0.25) is 0 Å². The molecule has 0 fully saturated rings. The van der Waals surface area contributed by atoms with Crippen molar-refractivity contribution < 1.29 is 9.90 Å². The first-order valence-electron chi connectivity index (χ1n) is 18.4. The number of carboxylic acids is 1. The van der Waals surface area contributed by atoms with Gasteiger partial charge in [0.1, 0.15) is 0 Å². The minimum Gasteiger partial charge on any atom is -0.481 e. The van der Waals surface area contributed by atoms with Crippen LogP contribution in [0.5, 0.6) is 0 Å². The molecule has 0 aliphatic carbocycles. The van der Waals surface area contributed by atoms with Crippen LogP contribution in [0.25, 0.3) is 0 Å². The molecule has 0 amide bonds. The number of aliphatic carboxylic acids is 1. The van der Waals surface area contributed by atoms with Gasteiger partial charge in [0.15, 0.2) is 0 Å². The highest BCUT2D eigenvalue weighted by molar-refractivity contribution is 5.69. The van der Waals surface area contributed by atoms with Crippen molar-refractivity contribution in [1.29, 1.82) is 0 Å². The fourth-order valence-electron chi connectivity index (χ4n) is 6.09. The predicted octanol–water partition coefficient (Wildman–Crippen LogP) is 13.6. The molecule has 0 aromatic heterocycles. The van der Waals surface area contributed by atoms with E-state index in [1.165, 1.54) is 186 Å². The number of carbonyl (C=O) groups is 1. The molecule has 0 radical (unpaired) electrons. The Kier molecular flexibility index (Phi) is 33.2. The third-order valence-electron chi connectivity index (χ3n) is 8.91. The lowest BCUT2D eigenvalue weighted by Crippen LogP contribution is -2.13. The van der Waals surface area contributed by atoms with Crippen molar-refractivity contribution in [2.24, 2.45) is 5.92 Å². The van der Waals surface area contributed by atoms with E-state index in [2.05, 4.69) is 13.8 Å². The molecule has 2 nitrogen and oxygen atoms in total. The molecule has 0 saturated heterocycles. The first-order chi connectivity index (χ1) is 19.2. The van der Waals surface area contributed by atoms with Crippen molar-refractivity contribution in [3.63, 3.8) is 0 Å². The third kappa shape index (κ3) is 31.9. The SMILES string of the molecule is CCCCCCCCCCCCCCCCCCC(CCCCCCCCCCCCCCCCC)C(=O)O. The lowest BCUT2D eigenvalue weighted by Gasteiger charge is -2.12. The van der Waals surface area contributed by atoms with E-state index in [-0.39, 0.29) is 5.92 Å². The normalized spacial score (nSPS) is 12.3. The summed E-state index contributed by atoms with van der Waals surface area (Å²) in [5.41, 5.74) is 0. The Balaban J connectivity index is 3.38. The van der Waals surface area contributed by atoms with Crippen molar-refractivity contribution in [2.45, 2.75) is 226 Å². The maximum absolute atomic E-state index is 11.7. The van der Waals surface area contributed by atoms with Crippen LogP contribution in [0.3, 0.4) is 0 Å². The zero-order chi connectivity index (χ0) is 28.5. The summed E-state index contributed by atoms with van der Waals surface area (Å²) in [4.78, 5) is 11.7. The van der Waals surface area contributed by atoms with Crippen LogP contribution >= 0.6 is 0 Å². The Labute approximate surface area is 247 Å². The standard InChI is InChI=1S/C37H74O2/c1-3-5-7-9-11-13-15-17-19-21-23-25-27-29-31-33-35-36(37(38)39)34-32-30-28-26-24-22-20-18-16-14-12-10-8-6-4-2/h36H,3-35H2,1-2H3,(H,38,39). The lowest BCUT2D eigenvalue weighted by atomic mass is 9.94. The monoisotopic (exact) mass is 551 g/mol. The fourth-order valence-corrected chi connectivity index (χ4v) is 6.09. The zero-order valence-corrected chi connectivity index (χ0v) is 27.3. The number of rotatable bonds is 34. The molecular formula is C37H74O2. The van der Waals surface area contributed by atoms with Gasteiger partial charge in [-0.2, -0.15) is 0 Å². The van der Waals surface area contributed by atoms with Crippen LogP contribution < -0.4 is 0 Å². The highest BCUT2D eigenvalue weighted by Crippen LogP contribution is 2.20.